The second-order valence-corrected chi connectivity index (χ2v) is 9.75. The highest BCUT2D eigenvalue weighted by atomic mass is 32.2. The first-order chi connectivity index (χ1) is 14.4. The van der Waals surface area contributed by atoms with Crippen LogP contribution in [0, 0.1) is 12.8 Å². The van der Waals surface area contributed by atoms with Crippen molar-refractivity contribution in [3.05, 3.63) is 23.8 Å². The molecule has 2 saturated heterocycles. The van der Waals surface area contributed by atoms with E-state index < -0.39 is 10.0 Å². The third kappa shape index (κ3) is 5.72. The molecule has 0 saturated carbocycles. The zero-order chi connectivity index (χ0) is 21.6. The molecule has 9 heteroatoms. The number of nitrogens with zero attached hydrogens (tertiary/aromatic N) is 2. The third-order valence-corrected chi connectivity index (χ3v) is 7.53. The molecule has 2 fully saturated rings. The van der Waals surface area contributed by atoms with E-state index in [-0.39, 0.29) is 23.3 Å². The van der Waals surface area contributed by atoms with Crippen LogP contribution in [0.5, 0.6) is 5.75 Å². The average Bonchev–Trinajstić information content (AvgIpc) is 2.76. The summed E-state index contributed by atoms with van der Waals surface area (Å²) in [7, 11) is -3.64. The lowest BCUT2D eigenvalue weighted by Gasteiger charge is -2.32. The summed E-state index contributed by atoms with van der Waals surface area (Å²) in [6.07, 6.45) is 1.38. The smallest absolute Gasteiger partial charge is 0.243 e. The van der Waals surface area contributed by atoms with E-state index in [0.29, 0.717) is 38.3 Å². The fraction of sp³-hybridized carbons (Fsp3) is 0.667. The number of nitrogens with one attached hydrogen (secondary N) is 1. The van der Waals surface area contributed by atoms with Crippen LogP contribution >= 0.6 is 0 Å². The predicted octanol–water partition coefficient (Wildman–Crippen LogP) is 1.24. The minimum absolute atomic E-state index is 0.0639. The van der Waals surface area contributed by atoms with Crippen LogP contribution in [0.25, 0.3) is 0 Å². The maximum absolute atomic E-state index is 13.1. The molecule has 0 unspecified atom stereocenters. The zero-order valence-electron chi connectivity index (χ0n) is 17.9. The Kier molecular flexibility index (Phi) is 8.10. The normalized spacial score (nSPS) is 21.3. The first-order valence-corrected chi connectivity index (χ1v) is 12.2. The van der Waals surface area contributed by atoms with Gasteiger partial charge in [-0.05, 0) is 50.5 Å². The summed E-state index contributed by atoms with van der Waals surface area (Å²) in [5.74, 6) is 0.306. The summed E-state index contributed by atoms with van der Waals surface area (Å²) in [6, 6.07) is 4.93. The van der Waals surface area contributed by atoms with Crippen molar-refractivity contribution in [1.29, 1.82) is 0 Å². The molecule has 2 heterocycles. The van der Waals surface area contributed by atoms with E-state index in [4.69, 9.17) is 9.47 Å². The van der Waals surface area contributed by atoms with E-state index >= 15 is 0 Å². The Labute approximate surface area is 179 Å². The number of sulfonamides is 1. The molecule has 3 rings (SSSR count). The molecular formula is C21H33N3O5S. The van der Waals surface area contributed by atoms with Gasteiger partial charge in [0, 0.05) is 39.3 Å². The van der Waals surface area contributed by atoms with E-state index in [9.17, 15) is 13.2 Å². The largest absolute Gasteiger partial charge is 0.494 e. The Morgan fingerprint density at radius 3 is 2.73 bits per heavy atom. The number of hydrogen-bond donors (Lipinski definition) is 1. The van der Waals surface area contributed by atoms with Gasteiger partial charge in [-0.2, -0.15) is 4.31 Å². The van der Waals surface area contributed by atoms with E-state index in [1.54, 1.807) is 18.2 Å². The number of rotatable bonds is 8. The monoisotopic (exact) mass is 439 g/mol. The van der Waals surface area contributed by atoms with Gasteiger partial charge in [0.25, 0.3) is 0 Å². The van der Waals surface area contributed by atoms with Gasteiger partial charge in [0.15, 0.2) is 0 Å². The van der Waals surface area contributed by atoms with Gasteiger partial charge in [-0.3, -0.25) is 9.69 Å². The fourth-order valence-corrected chi connectivity index (χ4v) is 5.54. The van der Waals surface area contributed by atoms with Gasteiger partial charge >= 0.3 is 0 Å². The molecule has 0 bridgehead atoms. The summed E-state index contributed by atoms with van der Waals surface area (Å²) in [4.78, 5) is 15.1. The van der Waals surface area contributed by atoms with Crippen LogP contribution in [0.3, 0.4) is 0 Å². The van der Waals surface area contributed by atoms with Crippen molar-refractivity contribution >= 4 is 15.9 Å². The van der Waals surface area contributed by atoms with Crippen LogP contribution in [-0.2, 0) is 19.6 Å². The predicted molar refractivity (Wildman–Crippen MR) is 114 cm³/mol. The molecule has 1 N–H and O–H groups in total. The second kappa shape index (κ2) is 10.6. The lowest BCUT2D eigenvalue weighted by Crippen LogP contribution is -2.47. The number of morpholine rings is 1. The number of carbonyl (C=O) groups is 1. The third-order valence-electron chi connectivity index (χ3n) is 5.67. The Bertz CT molecular complexity index is 824. The average molecular weight is 440 g/mol. The van der Waals surface area contributed by atoms with Gasteiger partial charge in [0.1, 0.15) is 5.75 Å². The highest BCUT2D eigenvalue weighted by Crippen LogP contribution is 2.27. The maximum Gasteiger partial charge on any atom is 0.243 e. The second-order valence-electron chi connectivity index (χ2n) is 7.81. The number of ether oxygens (including phenoxy) is 2. The quantitative estimate of drug-likeness (QED) is 0.656. The molecule has 2 aliphatic rings. The summed E-state index contributed by atoms with van der Waals surface area (Å²) in [6.45, 7) is 9.50. The van der Waals surface area contributed by atoms with E-state index in [2.05, 4.69) is 10.2 Å². The van der Waals surface area contributed by atoms with Gasteiger partial charge in [-0.25, -0.2) is 8.42 Å². The molecular weight excluding hydrogens is 406 g/mol. The van der Waals surface area contributed by atoms with Crippen molar-refractivity contribution in [2.45, 2.75) is 31.6 Å². The van der Waals surface area contributed by atoms with Crippen LogP contribution < -0.4 is 10.1 Å². The fourth-order valence-electron chi connectivity index (χ4n) is 3.93. The van der Waals surface area contributed by atoms with Crippen molar-refractivity contribution in [3.8, 4) is 5.75 Å². The van der Waals surface area contributed by atoms with Gasteiger partial charge in [-0.1, -0.05) is 0 Å². The molecule has 0 spiro atoms. The Hall–Kier alpha value is -1.68. The molecule has 1 aromatic carbocycles. The molecule has 30 heavy (non-hydrogen) atoms. The van der Waals surface area contributed by atoms with Crippen molar-refractivity contribution in [3.63, 3.8) is 0 Å². The molecule has 1 atom stereocenters. The van der Waals surface area contributed by atoms with Gasteiger partial charge in [-0.15, -0.1) is 0 Å². The minimum Gasteiger partial charge on any atom is -0.494 e. The number of benzene rings is 1. The molecule has 1 aromatic rings. The minimum atomic E-state index is -3.64. The van der Waals surface area contributed by atoms with Crippen LogP contribution in [0.1, 0.15) is 25.3 Å². The van der Waals surface area contributed by atoms with Crippen LogP contribution in [0.2, 0.25) is 0 Å². The molecule has 2 aliphatic heterocycles. The Morgan fingerprint density at radius 2 is 2.03 bits per heavy atom. The van der Waals surface area contributed by atoms with Gasteiger partial charge in [0.05, 0.1) is 30.6 Å². The molecule has 1 amide bonds. The van der Waals surface area contributed by atoms with Crippen molar-refractivity contribution < 1.29 is 22.7 Å². The molecule has 0 radical (unpaired) electrons. The number of hydrogen-bond acceptors (Lipinski definition) is 6. The number of amides is 1. The summed E-state index contributed by atoms with van der Waals surface area (Å²) >= 11 is 0. The van der Waals surface area contributed by atoms with Gasteiger partial charge in [0.2, 0.25) is 15.9 Å². The number of piperidine rings is 1. The first-order valence-electron chi connectivity index (χ1n) is 10.7. The summed E-state index contributed by atoms with van der Waals surface area (Å²) in [5.41, 5.74) is 0.785. The molecule has 168 valence electrons. The van der Waals surface area contributed by atoms with Crippen LogP contribution in [-0.4, -0.2) is 82.6 Å². The van der Waals surface area contributed by atoms with E-state index in [1.807, 2.05) is 13.8 Å². The zero-order valence-corrected chi connectivity index (χ0v) is 18.7. The van der Waals surface area contributed by atoms with Crippen LogP contribution in [0.15, 0.2) is 23.1 Å². The van der Waals surface area contributed by atoms with Gasteiger partial charge < -0.3 is 14.8 Å². The Balaban J connectivity index is 1.57. The highest BCUT2D eigenvalue weighted by molar-refractivity contribution is 7.89. The molecule has 0 aliphatic carbocycles. The first kappa shape index (κ1) is 23.0. The van der Waals surface area contributed by atoms with Crippen LogP contribution in [0.4, 0.5) is 0 Å². The van der Waals surface area contributed by atoms with E-state index in [1.165, 1.54) is 4.31 Å². The Morgan fingerprint density at radius 1 is 1.27 bits per heavy atom. The number of carbonyl (C=O) groups excluding carboxylic acids is 1. The SMILES string of the molecule is CCOc1ccc(S(=O)(=O)N2CCC[C@H](C(=O)NCCN3CCOCC3)C2)cc1C. The lowest BCUT2D eigenvalue weighted by molar-refractivity contribution is -0.126. The number of aryl methyl sites for hydroxylation is 1. The topological polar surface area (TPSA) is 88.2 Å². The lowest BCUT2D eigenvalue weighted by atomic mass is 9.99. The van der Waals surface area contributed by atoms with Crippen molar-refractivity contribution in [1.82, 2.24) is 14.5 Å². The highest BCUT2D eigenvalue weighted by Gasteiger charge is 2.33. The maximum atomic E-state index is 13.1. The van der Waals surface area contributed by atoms with Crippen molar-refractivity contribution in [2.24, 2.45) is 5.92 Å². The summed E-state index contributed by atoms with van der Waals surface area (Å²) in [5, 5.41) is 2.98. The standard InChI is InChI=1S/C21H33N3O5S/c1-3-29-20-7-6-19(15-17(20)2)30(26,27)24-9-4-5-18(16-24)21(25)22-8-10-23-11-13-28-14-12-23/h6-7,15,18H,3-5,8-14,16H2,1-2H3,(H,22,25)/t18-/m0/s1. The summed E-state index contributed by atoms with van der Waals surface area (Å²) < 4.78 is 38.5. The molecule has 0 aromatic heterocycles. The molecule has 8 nitrogen and oxygen atoms in total. The van der Waals surface area contributed by atoms with Crippen molar-refractivity contribution in [2.75, 3.05) is 59.1 Å². The van der Waals surface area contributed by atoms with E-state index in [0.717, 1.165) is 38.4 Å².